The van der Waals surface area contributed by atoms with Gasteiger partial charge < -0.3 is 4.84 Å². The first-order valence-corrected chi connectivity index (χ1v) is 9.14. The Hall–Kier alpha value is -3.09. The van der Waals surface area contributed by atoms with Crippen LogP contribution in [0.15, 0.2) is 53.7 Å². The van der Waals surface area contributed by atoms with E-state index in [1.54, 1.807) is 11.7 Å². The van der Waals surface area contributed by atoms with Gasteiger partial charge in [0.1, 0.15) is 0 Å². The number of rotatable bonds is 5. The number of oxime groups is 1. The van der Waals surface area contributed by atoms with E-state index in [0.29, 0.717) is 11.5 Å². The molecule has 0 amide bonds. The molecule has 0 saturated carbocycles. The Morgan fingerprint density at radius 2 is 1.70 bits per heavy atom. The molecule has 0 fully saturated rings. The molecule has 0 bridgehead atoms. The van der Waals surface area contributed by atoms with Crippen molar-refractivity contribution in [3.63, 3.8) is 0 Å². The first-order chi connectivity index (χ1) is 13.2. The Morgan fingerprint density at radius 3 is 2.30 bits per heavy atom. The summed E-state index contributed by atoms with van der Waals surface area (Å²) in [5.74, 6) is 0.536. The van der Waals surface area contributed by atoms with Crippen molar-refractivity contribution in [2.45, 2.75) is 41.2 Å². The third-order valence-corrected chi connectivity index (χ3v) is 3.19. The fourth-order valence-electron chi connectivity index (χ4n) is 2.09. The van der Waals surface area contributed by atoms with Gasteiger partial charge >= 0.3 is 0 Å². The summed E-state index contributed by atoms with van der Waals surface area (Å²) in [7, 11) is 1.76. The van der Waals surface area contributed by atoms with Gasteiger partial charge in [0.15, 0.2) is 12.3 Å². The number of pyridine rings is 1. The predicted molar refractivity (Wildman–Crippen MR) is 107 cm³/mol. The van der Waals surface area contributed by atoms with Crippen LogP contribution in [0.3, 0.4) is 0 Å². The normalized spacial score (nSPS) is 10.2. The van der Waals surface area contributed by atoms with Gasteiger partial charge in [0.25, 0.3) is 0 Å². The molecule has 0 radical (unpaired) electrons. The average molecular weight is 368 g/mol. The highest BCUT2D eigenvalue weighted by Gasteiger charge is 2.14. The minimum atomic E-state index is 0.281. The molecule has 0 atom stereocenters. The topological polar surface area (TPSA) is 78.1 Å². The van der Waals surface area contributed by atoms with E-state index in [9.17, 15) is 0 Å². The second kappa shape index (κ2) is 12.3. The molecule has 2 aromatic heterocycles. The van der Waals surface area contributed by atoms with Crippen molar-refractivity contribution >= 4 is 5.71 Å². The summed E-state index contributed by atoms with van der Waals surface area (Å²) < 4.78 is 1.56. The van der Waals surface area contributed by atoms with E-state index in [2.05, 4.69) is 25.7 Å². The van der Waals surface area contributed by atoms with Crippen LogP contribution in [0.25, 0.3) is 0 Å². The van der Waals surface area contributed by atoms with Gasteiger partial charge in [-0.05, 0) is 29.5 Å². The molecule has 3 aromatic rings. The molecule has 7 nitrogen and oxygen atoms in total. The van der Waals surface area contributed by atoms with Crippen molar-refractivity contribution in [1.29, 1.82) is 0 Å². The summed E-state index contributed by atoms with van der Waals surface area (Å²) in [6.07, 6.45) is 0. The van der Waals surface area contributed by atoms with Gasteiger partial charge in [-0.1, -0.05) is 69.2 Å². The lowest BCUT2D eigenvalue weighted by Crippen LogP contribution is -2.12. The van der Waals surface area contributed by atoms with Crippen LogP contribution in [0, 0.1) is 6.92 Å². The van der Waals surface area contributed by atoms with Crippen LogP contribution in [0.5, 0.6) is 0 Å². The zero-order valence-electron chi connectivity index (χ0n) is 16.9. The molecular weight excluding hydrogens is 340 g/mol. The molecule has 3 rings (SSSR count). The van der Waals surface area contributed by atoms with Crippen LogP contribution < -0.4 is 0 Å². The van der Waals surface area contributed by atoms with Crippen molar-refractivity contribution in [2.75, 3.05) is 0 Å². The maximum atomic E-state index is 5.49. The van der Waals surface area contributed by atoms with Crippen LogP contribution in [0.1, 0.15) is 50.5 Å². The maximum Gasteiger partial charge on any atom is 0.204 e. The Labute approximate surface area is 161 Å². The van der Waals surface area contributed by atoms with Crippen molar-refractivity contribution in [3.05, 3.63) is 71.3 Å². The first-order valence-electron chi connectivity index (χ1n) is 9.14. The quantitative estimate of drug-likeness (QED) is 0.503. The minimum absolute atomic E-state index is 0.281. The molecule has 0 N–H and O–H groups in total. The van der Waals surface area contributed by atoms with Crippen LogP contribution >= 0.6 is 0 Å². The van der Waals surface area contributed by atoms with Crippen LogP contribution in [0.2, 0.25) is 0 Å². The molecule has 0 aliphatic carbocycles. The lowest BCUT2D eigenvalue weighted by Gasteiger charge is -2.06. The van der Waals surface area contributed by atoms with Crippen LogP contribution in [0.4, 0.5) is 0 Å². The van der Waals surface area contributed by atoms with E-state index in [-0.39, 0.29) is 6.61 Å². The Bertz CT molecular complexity index is 814. The number of aromatic nitrogens is 5. The monoisotopic (exact) mass is 368 g/mol. The van der Waals surface area contributed by atoms with E-state index in [1.807, 2.05) is 83.1 Å². The van der Waals surface area contributed by atoms with Gasteiger partial charge in [0.05, 0.1) is 5.69 Å². The fourth-order valence-corrected chi connectivity index (χ4v) is 2.09. The molecule has 0 aliphatic rings. The summed E-state index contributed by atoms with van der Waals surface area (Å²) in [5, 5.41) is 15.8. The lowest BCUT2D eigenvalue weighted by atomic mass is 10.1. The number of nitrogens with zero attached hydrogens (tertiary/aromatic N) is 6. The summed E-state index contributed by atoms with van der Waals surface area (Å²) in [6, 6.07) is 15.4. The summed E-state index contributed by atoms with van der Waals surface area (Å²) in [4.78, 5) is 9.87. The van der Waals surface area contributed by atoms with E-state index >= 15 is 0 Å². The standard InChI is InChI=1S/C16H16N6O.2C2H6/c1-12-7-6-10-14(17-12)11-23-19-15(13-8-4-3-5-9-13)16-18-20-21-22(16)2;2*1-2/h3-10H,11H2,1-2H3;2*1-2H3. The number of hydrogen-bond donors (Lipinski definition) is 0. The van der Waals surface area contributed by atoms with Crippen molar-refractivity contribution < 1.29 is 4.84 Å². The smallest absolute Gasteiger partial charge is 0.204 e. The van der Waals surface area contributed by atoms with Gasteiger partial charge in [-0.2, -0.15) is 0 Å². The fraction of sp³-hybridized carbons (Fsp3) is 0.350. The number of aryl methyl sites for hydroxylation is 2. The maximum absolute atomic E-state index is 5.49. The van der Waals surface area contributed by atoms with E-state index < -0.39 is 0 Å². The summed E-state index contributed by atoms with van der Waals surface area (Å²) >= 11 is 0. The van der Waals surface area contributed by atoms with Crippen molar-refractivity contribution in [1.82, 2.24) is 25.2 Å². The Morgan fingerprint density at radius 1 is 1.00 bits per heavy atom. The Kier molecular flexibility index (Phi) is 10.00. The van der Waals surface area contributed by atoms with Crippen molar-refractivity contribution in [2.24, 2.45) is 12.2 Å². The molecule has 0 aliphatic heterocycles. The largest absolute Gasteiger partial charge is 0.389 e. The zero-order valence-corrected chi connectivity index (χ0v) is 16.9. The predicted octanol–water partition coefficient (Wildman–Crippen LogP) is 3.94. The molecule has 0 spiro atoms. The minimum Gasteiger partial charge on any atom is -0.389 e. The molecule has 144 valence electrons. The highest BCUT2D eigenvalue weighted by Crippen LogP contribution is 2.09. The number of benzene rings is 1. The molecule has 0 unspecified atom stereocenters. The van der Waals surface area contributed by atoms with Gasteiger partial charge in [0.2, 0.25) is 5.82 Å². The third-order valence-electron chi connectivity index (χ3n) is 3.19. The van der Waals surface area contributed by atoms with Gasteiger partial charge in [0, 0.05) is 18.3 Å². The molecular formula is C20H28N6O. The Balaban J connectivity index is 0.000000855. The SMILES string of the molecule is CC.CC.Cc1cccc(CON=C(c2ccccc2)c2nnnn2C)n1. The van der Waals surface area contributed by atoms with E-state index in [4.69, 9.17) is 4.84 Å². The summed E-state index contributed by atoms with van der Waals surface area (Å²) in [5.41, 5.74) is 3.21. The van der Waals surface area contributed by atoms with Gasteiger partial charge in [-0.15, -0.1) is 5.10 Å². The van der Waals surface area contributed by atoms with E-state index in [0.717, 1.165) is 17.0 Å². The van der Waals surface area contributed by atoms with Crippen LogP contribution in [-0.4, -0.2) is 30.9 Å². The van der Waals surface area contributed by atoms with Crippen molar-refractivity contribution in [3.8, 4) is 0 Å². The highest BCUT2D eigenvalue weighted by atomic mass is 16.6. The average Bonchev–Trinajstić information content (AvgIpc) is 3.15. The van der Waals surface area contributed by atoms with Gasteiger partial charge in [-0.25, -0.2) is 4.68 Å². The number of hydrogen-bond acceptors (Lipinski definition) is 6. The lowest BCUT2D eigenvalue weighted by molar-refractivity contribution is 0.128. The molecule has 0 saturated heterocycles. The first kappa shape index (κ1) is 22.0. The number of tetrazole rings is 1. The third kappa shape index (κ3) is 6.62. The molecule has 1 aromatic carbocycles. The molecule has 2 heterocycles. The van der Waals surface area contributed by atoms with E-state index in [1.165, 1.54) is 0 Å². The second-order valence-corrected chi connectivity index (χ2v) is 4.98. The zero-order chi connectivity index (χ0) is 20.1. The second-order valence-electron chi connectivity index (χ2n) is 4.98. The molecule has 7 heteroatoms. The molecule has 27 heavy (non-hydrogen) atoms. The highest BCUT2D eigenvalue weighted by molar-refractivity contribution is 6.10. The summed E-state index contributed by atoms with van der Waals surface area (Å²) in [6.45, 7) is 10.2. The van der Waals surface area contributed by atoms with Gasteiger partial charge in [-0.3, -0.25) is 4.98 Å². The van der Waals surface area contributed by atoms with Crippen LogP contribution in [-0.2, 0) is 18.5 Å².